The molecule has 0 N–H and O–H groups in total. The lowest BCUT2D eigenvalue weighted by atomic mass is 9.94. The molecule has 5 nitrogen and oxygen atoms in total. The van der Waals surface area contributed by atoms with Crippen LogP contribution in [0.15, 0.2) is 15.3 Å². The van der Waals surface area contributed by atoms with Gasteiger partial charge in [-0.15, -0.1) is 0 Å². The monoisotopic (exact) mass is 388 g/mol. The third kappa shape index (κ3) is 5.25. The highest BCUT2D eigenvalue weighted by Crippen LogP contribution is 2.24. The van der Waals surface area contributed by atoms with Crippen molar-refractivity contribution in [3.63, 3.8) is 0 Å². The predicted octanol–water partition coefficient (Wildman–Crippen LogP) is 4.02. The number of hydrogen-bond donors (Lipinski definition) is 0. The quantitative estimate of drug-likeness (QED) is 0.765. The van der Waals surface area contributed by atoms with Gasteiger partial charge in [-0.1, -0.05) is 33.1 Å². The summed E-state index contributed by atoms with van der Waals surface area (Å²) in [7, 11) is 0. The average molecular weight is 389 g/mol. The summed E-state index contributed by atoms with van der Waals surface area (Å²) in [6.07, 6.45) is 9.26. The van der Waals surface area contributed by atoms with Crippen LogP contribution in [0.25, 0.3) is 0 Å². The zero-order chi connectivity index (χ0) is 20.1. The van der Waals surface area contributed by atoms with Gasteiger partial charge in [0.2, 0.25) is 0 Å². The minimum atomic E-state index is -0.475. The molecule has 2 fully saturated rings. The fraction of sp³-hybridized carbons (Fsp3) is 0.739. The number of carbonyl (C=O) groups is 1. The van der Waals surface area contributed by atoms with Crippen LogP contribution < -0.4 is 5.63 Å². The molecule has 0 aromatic carbocycles. The first-order chi connectivity index (χ1) is 13.5. The van der Waals surface area contributed by atoms with Gasteiger partial charge in [-0.05, 0) is 50.2 Å². The molecule has 2 aliphatic rings. The van der Waals surface area contributed by atoms with Crippen LogP contribution in [0.2, 0.25) is 0 Å². The number of nitrogens with zero attached hydrogens (tertiary/aromatic N) is 2. The Morgan fingerprint density at radius 3 is 2.54 bits per heavy atom. The van der Waals surface area contributed by atoms with E-state index in [1.165, 1.54) is 32.1 Å². The molecule has 5 heteroatoms. The molecule has 3 rings (SSSR count). The van der Waals surface area contributed by atoms with E-state index in [-0.39, 0.29) is 11.5 Å². The van der Waals surface area contributed by atoms with E-state index in [1.54, 1.807) is 0 Å². The van der Waals surface area contributed by atoms with Crippen LogP contribution in [0.4, 0.5) is 0 Å². The third-order valence-corrected chi connectivity index (χ3v) is 6.29. The molecule has 1 amide bonds. The van der Waals surface area contributed by atoms with Gasteiger partial charge in [0.15, 0.2) is 0 Å². The van der Waals surface area contributed by atoms with Gasteiger partial charge < -0.3 is 9.32 Å². The van der Waals surface area contributed by atoms with Crippen LogP contribution in [-0.2, 0) is 6.42 Å². The molecular weight excluding hydrogens is 352 g/mol. The molecule has 0 unspecified atom stereocenters. The van der Waals surface area contributed by atoms with Gasteiger partial charge in [0.1, 0.15) is 11.3 Å². The largest absolute Gasteiger partial charge is 0.427 e. The molecule has 1 aliphatic heterocycles. The van der Waals surface area contributed by atoms with E-state index >= 15 is 0 Å². The second kappa shape index (κ2) is 9.73. The maximum absolute atomic E-state index is 13.1. The van der Waals surface area contributed by atoms with E-state index in [4.69, 9.17) is 4.42 Å². The zero-order valence-corrected chi connectivity index (χ0v) is 17.8. The highest BCUT2D eigenvalue weighted by atomic mass is 16.4. The SMILES string of the molecule is Cc1cc(CCC(C)C)oc(=O)c1C(=O)N1CCCN(C2CCCCC2)CC1. The highest BCUT2D eigenvalue weighted by molar-refractivity contribution is 5.95. The first-order valence-electron chi connectivity index (χ1n) is 11.1. The van der Waals surface area contributed by atoms with Gasteiger partial charge in [0.25, 0.3) is 5.91 Å². The molecular formula is C23H36N2O3. The van der Waals surface area contributed by atoms with Crippen LogP contribution in [0.5, 0.6) is 0 Å². The van der Waals surface area contributed by atoms with Gasteiger partial charge in [0, 0.05) is 38.6 Å². The van der Waals surface area contributed by atoms with E-state index < -0.39 is 5.63 Å². The first-order valence-corrected chi connectivity index (χ1v) is 11.1. The molecule has 0 radical (unpaired) electrons. The van der Waals surface area contributed by atoms with Crippen molar-refractivity contribution in [1.29, 1.82) is 0 Å². The molecule has 1 saturated heterocycles. The van der Waals surface area contributed by atoms with E-state index in [2.05, 4.69) is 18.7 Å². The average Bonchev–Trinajstić information content (AvgIpc) is 2.93. The fourth-order valence-electron chi connectivity index (χ4n) is 4.59. The summed E-state index contributed by atoms with van der Waals surface area (Å²) >= 11 is 0. The Balaban J connectivity index is 1.67. The summed E-state index contributed by atoms with van der Waals surface area (Å²) in [5, 5.41) is 0. The van der Waals surface area contributed by atoms with Crippen LogP contribution in [0.3, 0.4) is 0 Å². The Hall–Kier alpha value is -1.62. The van der Waals surface area contributed by atoms with E-state index in [9.17, 15) is 9.59 Å². The van der Waals surface area contributed by atoms with E-state index in [1.807, 2.05) is 17.9 Å². The molecule has 28 heavy (non-hydrogen) atoms. The summed E-state index contributed by atoms with van der Waals surface area (Å²) < 4.78 is 5.49. The van der Waals surface area contributed by atoms with Crippen LogP contribution in [0, 0.1) is 12.8 Å². The maximum atomic E-state index is 13.1. The maximum Gasteiger partial charge on any atom is 0.349 e. The van der Waals surface area contributed by atoms with Crippen molar-refractivity contribution in [1.82, 2.24) is 9.80 Å². The molecule has 1 aliphatic carbocycles. The van der Waals surface area contributed by atoms with Gasteiger partial charge >= 0.3 is 5.63 Å². The number of aryl methyl sites for hydroxylation is 2. The van der Waals surface area contributed by atoms with Crippen molar-refractivity contribution >= 4 is 5.91 Å². The van der Waals surface area contributed by atoms with Crippen molar-refractivity contribution in [3.05, 3.63) is 33.4 Å². The fourth-order valence-corrected chi connectivity index (χ4v) is 4.59. The van der Waals surface area contributed by atoms with Gasteiger partial charge in [-0.25, -0.2) is 4.79 Å². The van der Waals surface area contributed by atoms with Crippen molar-refractivity contribution in [3.8, 4) is 0 Å². The molecule has 0 bridgehead atoms. The van der Waals surface area contributed by atoms with Crippen molar-refractivity contribution in [2.75, 3.05) is 26.2 Å². The Bertz CT molecular complexity index is 719. The second-order valence-corrected chi connectivity index (χ2v) is 8.96. The van der Waals surface area contributed by atoms with Gasteiger partial charge in [0.05, 0.1) is 0 Å². The number of rotatable bonds is 5. The Labute approximate surface area is 169 Å². The third-order valence-electron chi connectivity index (χ3n) is 6.29. The second-order valence-electron chi connectivity index (χ2n) is 8.96. The predicted molar refractivity (Wildman–Crippen MR) is 112 cm³/mol. The summed E-state index contributed by atoms with van der Waals surface area (Å²) in [5.41, 5.74) is 0.491. The molecule has 0 atom stereocenters. The standard InChI is InChI=1S/C23H36N2O3/c1-17(2)10-11-20-16-18(3)21(23(27)28-20)22(26)25-13-7-12-24(14-15-25)19-8-5-4-6-9-19/h16-17,19H,4-15H2,1-3H3. The lowest BCUT2D eigenvalue weighted by Gasteiger charge is -2.33. The topological polar surface area (TPSA) is 53.8 Å². The number of amides is 1. The normalized spacial score (nSPS) is 19.8. The van der Waals surface area contributed by atoms with Crippen molar-refractivity contribution in [2.24, 2.45) is 5.92 Å². The molecule has 1 aromatic heterocycles. The summed E-state index contributed by atoms with van der Waals surface area (Å²) in [6, 6.07) is 2.55. The molecule has 156 valence electrons. The van der Waals surface area contributed by atoms with E-state index in [0.717, 1.165) is 44.5 Å². The smallest absolute Gasteiger partial charge is 0.349 e. The van der Waals surface area contributed by atoms with Crippen LogP contribution in [-0.4, -0.2) is 47.9 Å². The number of carbonyl (C=O) groups excluding carboxylic acids is 1. The van der Waals surface area contributed by atoms with Gasteiger partial charge in [-0.3, -0.25) is 9.69 Å². The summed E-state index contributed by atoms with van der Waals surface area (Å²) in [4.78, 5) is 30.1. The minimum Gasteiger partial charge on any atom is -0.427 e. The molecule has 1 saturated carbocycles. The summed E-state index contributed by atoms with van der Waals surface area (Å²) in [5.74, 6) is 1.08. The Morgan fingerprint density at radius 1 is 1.11 bits per heavy atom. The first kappa shape index (κ1) is 21.1. The molecule has 1 aromatic rings. The summed E-state index contributed by atoms with van der Waals surface area (Å²) in [6.45, 7) is 9.54. The van der Waals surface area contributed by atoms with Crippen LogP contribution in [0.1, 0.15) is 80.5 Å². The van der Waals surface area contributed by atoms with Crippen molar-refractivity contribution < 1.29 is 9.21 Å². The lowest BCUT2D eigenvalue weighted by molar-refractivity contribution is 0.0749. The number of hydrogen-bond acceptors (Lipinski definition) is 4. The molecule has 0 spiro atoms. The molecule has 2 heterocycles. The van der Waals surface area contributed by atoms with Crippen LogP contribution >= 0.6 is 0 Å². The Kier molecular flexibility index (Phi) is 7.33. The zero-order valence-electron chi connectivity index (χ0n) is 17.8. The van der Waals surface area contributed by atoms with Crippen molar-refractivity contribution in [2.45, 2.75) is 78.2 Å². The minimum absolute atomic E-state index is 0.160. The highest BCUT2D eigenvalue weighted by Gasteiger charge is 2.28. The van der Waals surface area contributed by atoms with Gasteiger partial charge in [-0.2, -0.15) is 0 Å². The lowest BCUT2D eigenvalue weighted by Crippen LogP contribution is -2.41. The Morgan fingerprint density at radius 2 is 1.86 bits per heavy atom. The van der Waals surface area contributed by atoms with E-state index in [0.29, 0.717) is 24.3 Å².